The second kappa shape index (κ2) is 8.64. The lowest BCUT2D eigenvalue weighted by Crippen LogP contribution is -2.42. The van der Waals surface area contributed by atoms with Crippen LogP contribution in [0.25, 0.3) is 0 Å². The Balaban J connectivity index is 1.64. The van der Waals surface area contributed by atoms with Gasteiger partial charge in [0.1, 0.15) is 0 Å². The molecule has 0 unspecified atom stereocenters. The predicted molar refractivity (Wildman–Crippen MR) is 107 cm³/mol. The number of hydrogen-bond acceptors (Lipinski definition) is 2. The van der Waals surface area contributed by atoms with Crippen molar-refractivity contribution in [2.24, 2.45) is 0 Å². The second-order valence-corrected chi connectivity index (χ2v) is 7.87. The molecule has 0 aliphatic carbocycles. The monoisotopic (exact) mass is 336 g/mol. The maximum Gasteiger partial charge on any atom is 0.00914 e. The Morgan fingerprint density at radius 1 is 0.960 bits per heavy atom. The fourth-order valence-corrected chi connectivity index (χ4v) is 3.99. The largest absolute Gasteiger partial charge is 0.314 e. The van der Waals surface area contributed by atoms with Crippen molar-refractivity contribution < 1.29 is 0 Å². The molecule has 0 aromatic heterocycles. The SMILES string of the molecule is CN1CCC(NCC[C@](C)(Cc2ccccc2)c2ccccc2)CC1. The lowest BCUT2D eigenvalue weighted by Gasteiger charge is -2.33. The van der Waals surface area contributed by atoms with E-state index in [0.717, 1.165) is 19.4 Å². The van der Waals surface area contributed by atoms with E-state index < -0.39 is 0 Å². The molecule has 1 N–H and O–H groups in total. The molecule has 134 valence electrons. The fourth-order valence-electron chi connectivity index (χ4n) is 3.99. The highest BCUT2D eigenvalue weighted by Gasteiger charge is 2.27. The summed E-state index contributed by atoms with van der Waals surface area (Å²) < 4.78 is 0. The molecule has 3 rings (SSSR count). The molecule has 0 bridgehead atoms. The lowest BCUT2D eigenvalue weighted by atomic mass is 9.74. The zero-order chi connectivity index (χ0) is 17.5. The number of nitrogens with zero attached hydrogens (tertiary/aromatic N) is 1. The molecule has 1 fully saturated rings. The lowest BCUT2D eigenvalue weighted by molar-refractivity contribution is 0.231. The first-order valence-electron chi connectivity index (χ1n) is 9.67. The Hall–Kier alpha value is -1.64. The van der Waals surface area contributed by atoms with E-state index in [-0.39, 0.29) is 5.41 Å². The highest BCUT2D eigenvalue weighted by molar-refractivity contribution is 5.28. The van der Waals surface area contributed by atoms with Crippen LogP contribution >= 0.6 is 0 Å². The summed E-state index contributed by atoms with van der Waals surface area (Å²) in [6.07, 6.45) is 4.81. The van der Waals surface area contributed by atoms with E-state index in [1.54, 1.807) is 0 Å². The molecule has 1 aliphatic rings. The zero-order valence-corrected chi connectivity index (χ0v) is 15.7. The Bertz CT molecular complexity index is 617. The van der Waals surface area contributed by atoms with Gasteiger partial charge in [-0.05, 0) is 68.9 Å². The van der Waals surface area contributed by atoms with Crippen LogP contribution in [-0.2, 0) is 11.8 Å². The molecule has 0 saturated carbocycles. The molecule has 1 heterocycles. The molecule has 2 aromatic rings. The Labute approximate surface area is 153 Å². The van der Waals surface area contributed by atoms with Gasteiger partial charge in [-0.3, -0.25) is 0 Å². The number of hydrogen-bond donors (Lipinski definition) is 1. The molecule has 2 nitrogen and oxygen atoms in total. The van der Waals surface area contributed by atoms with Crippen molar-refractivity contribution in [1.82, 2.24) is 10.2 Å². The van der Waals surface area contributed by atoms with Crippen molar-refractivity contribution in [1.29, 1.82) is 0 Å². The molecule has 0 radical (unpaired) electrons. The third-order valence-electron chi connectivity index (χ3n) is 5.74. The van der Waals surface area contributed by atoms with E-state index in [1.807, 2.05) is 0 Å². The summed E-state index contributed by atoms with van der Waals surface area (Å²) in [7, 11) is 2.22. The van der Waals surface area contributed by atoms with Crippen molar-refractivity contribution in [3.8, 4) is 0 Å². The number of rotatable bonds is 7. The van der Waals surface area contributed by atoms with Crippen molar-refractivity contribution >= 4 is 0 Å². The quantitative estimate of drug-likeness (QED) is 0.813. The Kier molecular flexibility index (Phi) is 6.28. The van der Waals surface area contributed by atoms with Gasteiger partial charge in [-0.1, -0.05) is 67.6 Å². The maximum atomic E-state index is 3.83. The van der Waals surface area contributed by atoms with E-state index >= 15 is 0 Å². The summed E-state index contributed by atoms with van der Waals surface area (Å²) in [5.41, 5.74) is 3.04. The summed E-state index contributed by atoms with van der Waals surface area (Å²) in [6, 6.07) is 22.6. The van der Waals surface area contributed by atoms with Crippen LogP contribution in [0.3, 0.4) is 0 Å². The van der Waals surface area contributed by atoms with Crippen LogP contribution < -0.4 is 5.32 Å². The summed E-state index contributed by atoms with van der Waals surface area (Å²) in [6.45, 7) is 5.95. The molecule has 0 amide bonds. The molecule has 1 atom stereocenters. The van der Waals surface area contributed by atoms with Crippen LogP contribution in [0.4, 0.5) is 0 Å². The minimum Gasteiger partial charge on any atom is -0.314 e. The average molecular weight is 337 g/mol. The number of nitrogens with one attached hydrogen (secondary N) is 1. The molecule has 0 spiro atoms. The van der Waals surface area contributed by atoms with Crippen LogP contribution in [0.1, 0.15) is 37.3 Å². The topological polar surface area (TPSA) is 15.3 Å². The first kappa shape index (κ1) is 18.2. The van der Waals surface area contributed by atoms with Gasteiger partial charge in [0.25, 0.3) is 0 Å². The van der Waals surface area contributed by atoms with Crippen molar-refractivity contribution in [2.45, 2.75) is 44.1 Å². The number of likely N-dealkylation sites (tertiary alicyclic amines) is 1. The fraction of sp³-hybridized carbons (Fsp3) is 0.478. The molecule has 2 heteroatoms. The summed E-state index contributed by atoms with van der Waals surface area (Å²) in [4.78, 5) is 2.43. The van der Waals surface area contributed by atoms with Crippen molar-refractivity contribution in [3.05, 3.63) is 71.8 Å². The highest BCUT2D eigenvalue weighted by Crippen LogP contribution is 2.31. The predicted octanol–water partition coefficient (Wildman–Crippen LogP) is 4.26. The van der Waals surface area contributed by atoms with Gasteiger partial charge in [0.15, 0.2) is 0 Å². The first-order valence-corrected chi connectivity index (χ1v) is 9.67. The summed E-state index contributed by atoms with van der Waals surface area (Å²) in [5, 5.41) is 3.83. The van der Waals surface area contributed by atoms with Gasteiger partial charge in [0.2, 0.25) is 0 Å². The van der Waals surface area contributed by atoms with Crippen molar-refractivity contribution in [2.75, 3.05) is 26.7 Å². The van der Waals surface area contributed by atoms with E-state index in [1.165, 1.54) is 37.1 Å². The third-order valence-corrected chi connectivity index (χ3v) is 5.74. The average Bonchev–Trinajstić information content (AvgIpc) is 2.65. The smallest absolute Gasteiger partial charge is 0.00914 e. The molecule has 1 aliphatic heterocycles. The van der Waals surface area contributed by atoms with E-state index in [4.69, 9.17) is 0 Å². The van der Waals surface area contributed by atoms with Gasteiger partial charge < -0.3 is 10.2 Å². The van der Waals surface area contributed by atoms with E-state index in [9.17, 15) is 0 Å². The third kappa shape index (κ3) is 5.17. The maximum absolute atomic E-state index is 3.83. The standard InChI is InChI=1S/C23H32N2/c1-23(21-11-7-4-8-12-21,19-20-9-5-3-6-10-20)15-16-24-22-13-17-25(2)18-14-22/h3-12,22,24H,13-19H2,1-2H3/t23-/m1/s1. The minimum absolute atomic E-state index is 0.168. The van der Waals surface area contributed by atoms with Crippen LogP contribution in [0, 0.1) is 0 Å². The summed E-state index contributed by atoms with van der Waals surface area (Å²) in [5.74, 6) is 0. The highest BCUT2D eigenvalue weighted by atomic mass is 15.1. The van der Waals surface area contributed by atoms with Crippen LogP contribution in [0.2, 0.25) is 0 Å². The molecular formula is C23H32N2. The number of benzene rings is 2. The van der Waals surface area contributed by atoms with Crippen LogP contribution in [0.5, 0.6) is 0 Å². The second-order valence-electron chi connectivity index (χ2n) is 7.87. The number of piperidine rings is 1. The van der Waals surface area contributed by atoms with Gasteiger partial charge in [-0.15, -0.1) is 0 Å². The van der Waals surface area contributed by atoms with Gasteiger partial charge >= 0.3 is 0 Å². The van der Waals surface area contributed by atoms with Crippen LogP contribution in [-0.4, -0.2) is 37.6 Å². The van der Waals surface area contributed by atoms with Gasteiger partial charge in [0.05, 0.1) is 0 Å². The van der Waals surface area contributed by atoms with Gasteiger partial charge in [0, 0.05) is 6.04 Å². The van der Waals surface area contributed by atoms with Crippen molar-refractivity contribution in [3.63, 3.8) is 0 Å². The zero-order valence-electron chi connectivity index (χ0n) is 15.7. The normalized spacial score (nSPS) is 18.8. The Morgan fingerprint density at radius 3 is 2.20 bits per heavy atom. The molecule has 2 aromatic carbocycles. The van der Waals surface area contributed by atoms with Crippen LogP contribution in [0.15, 0.2) is 60.7 Å². The minimum atomic E-state index is 0.168. The molecular weight excluding hydrogens is 304 g/mol. The van der Waals surface area contributed by atoms with E-state index in [0.29, 0.717) is 6.04 Å². The Morgan fingerprint density at radius 2 is 1.56 bits per heavy atom. The molecule has 25 heavy (non-hydrogen) atoms. The van der Waals surface area contributed by atoms with E-state index in [2.05, 4.69) is 84.9 Å². The summed E-state index contributed by atoms with van der Waals surface area (Å²) >= 11 is 0. The first-order chi connectivity index (χ1) is 12.2. The molecule has 1 saturated heterocycles. The van der Waals surface area contributed by atoms with Gasteiger partial charge in [-0.25, -0.2) is 0 Å². The van der Waals surface area contributed by atoms with Gasteiger partial charge in [-0.2, -0.15) is 0 Å².